The lowest BCUT2D eigenvalue weighted by atomic mass is 9.97. The Morgan fingerprint density at radius 3 is 2.70 bits per heavy atom. The van der Waals surface area contributed by atoms with E-state index >= 15 is 0 Å². The average Bonchev–Trinajstić information content (AvgIpc) is 2.46. The van der Waals surface area contributed by atoms with Crippen molar-refractivity contribution in [1.82, 2.24) is 5.32 Å². The van der Waals surface area contributed by atoms with E-state index in [4.69, 9.17) is 0 Å². The molecule has 0 heterocycles. The molecule has 0 aliphatic heterocycles. The molecule has 1 N–H and O–H groups in total. The van der Waals surface area contributed by atoms with Crippen LogP contribution in [0.5, 0.6) is 0 Å². The quantitative estimate of drug-likeness (QED) is 0.440. The average molecular weight is 273 g/mol. The molecule has 1 aromatic rings. The molecule has 1 rings (SSSR count). The third-order valence-electron chi connectivity index (χ3n) is 3.87. The van der Waals surface area contributed by atoms with Gasteiger partial charge in [-0.25, -0.2) is 0 Å². The maximum atomic E-state index is 3.79. The Balaban J connectivity index is 2.42. The Morgan fingerprint density at radius 1 is 1.20 bits per heavy atom. The van der Waals surface area contributed by atoms with Crippen molar-refractivity contribution in [3.8, 4) is 0 Å². The number of nitrogens with one attached hydrogen (secondary N) is 1. The summed E-state index contributed by atoms with van der Waals surface area (Å²) in [6, 6.07) is 9.40. The van der Waals surface area contributed by atoms with Crippen LogP contribution in [0.1, 0.15) is 56.6 Å². The van der Waals surface area contributed by atoms with E-state index in [1.165, 1.54) is 43.2 Å². The van der Waals surface area contributed by atoms with Crippen LogP contribution in [0.3, 0.4) is 0 Å². The van der Waals surface area contributed by atoms with Gasteiger partial charge in [0.1, 0.15) is 0 Å². The fourth-order valence-corrected chi connectivity index (χ4v) is 2.59. The lowest BCUT2D eigenvalue weighted by molar-refractivity contribution is 0.454. The van der Waals surface area contributed by atoms with Gasteiger partial charge in [-0.1, -0.05) is 50.1 Å². The predicted molar refractivity (Wildman–Crippen MR) is 90.2 cm³/mol. The molecule has 0 aliphatic carbocycles. The SMILES string of the molecule is C=CCCCCCC(Cc1ccccc1C)NCCC. The van der Waals surface area contributed by atoms with Crippen molar-refractivity contribution in [2.75, 3.05) is 6.54 Å². The highest BCUT2D eigenvalue weighted by Crippen LogP contribution is 2.14. The lowest BCUT2D eigenvalue weighted by Crippen LogP contribution is -2.32. The number of aryl methyl sites for hydroxylation is 1. The van der Waals surface area contributed by atoms with E-state index in [1.54, 1.807) is 0 Å². The molecule has 0 aliphatic rings. The fraction of sp³-hybridized carbons (Fsp3) is 0.579. The van der Waals surface area contributed by atoms with E-state index in [9.17, 15) is 0 Å². The van der Waals surface area contributed by atoms with Crippen molar-refractivity contribution in [2.24, 2.45) is 0 Å². The van der Waals surface area contributed by atoms with E-state index in [1.807, 2.05) is 6.08 Å². The van der Waals surface area contributed by atoms with Crippen LogP contribution >= 0.6 is 0 Å². The van der Waals surface area contributed by atoms with Crippen LogP contribution in [0.25, 0.3) is 0 Å². The Bertz CT molecular complexity index is 370. The zero-order valence-corrected chi connectivity index (χ0v) is 13.3. The molecule has 0 saturated carbocycles. The molecule has 1 heteroatoms. The Labute approximate surface area is 125 Å². The molecular weight excluding hydrogens is 242 g/mol. The lowest BCUT2D eigenvalue weighted by Gasteiger charge is -2.19. The highest BCUT2D eigenvalue weighted by molar-refractivity contribution is 5.26. The minimum atomic E-state index is 0.625. The first-order chi connectivity index (χ1) is 9.77. The van der Waals surface area contributed by atoms with Gasteiger partial charge in [0.25, 0.3) is 0 Å². The van der Waals surface area contributed by atoms with Crippen molar-refractivity contribution in [2.45, 2.75) is 64.8 Å². The second-order valence-corrected chi connectivity index (χ2v) is 5.71. The molecule has 0 aromatic heterocycles. The van der Waals surface area contributed by atoms with E-state index in [-0.39, 0.29) is 0 Å². The number of unbranched alkanes of at least 4 members (excludes halogenated alkanes) is 3. The van der Waals surface area contributed by atoms with Crippen LogP contribution < -0.4 is 5.32 Å². The highest BCUT2D eigenvalue weighted by Gasteiger charge is 2.09. The summed E-state index contributed by atoms with van der Waals surface area (Å²) in [7, 11) is 0. The molecule has 1 nitrogen and oxygen atoms in total. The zero-order chi connectivity index (χ0) is 14.6. The number of hydrogen-bond acceptors (Lipinski definition) is 1. The van der Waals surface area contributed by atoms with Crippen molar-refractivity contribution < 1.29 is 0 Å². The third kappa shape index (κ3) is 6.91. The molecule has 0 spiro atoms. The second-order valence-electron chi connectivity index (χ2n) is 5.71. The van der Waals surface area contributed by atoms with Gasteiger partial charge in [-0.05, 0) is 56.7 Å². The van der Waals surface area contributed by atoms with Crippen LogP contribution in [0.15, 0.2) is 36.9 Å². The molecule has 0 saturated heterocycles. The summed E-state index contributed by atoms with van der Waals surface area (Å²) in [5.74, 6) is 0. The molecule has 20 heavy (non-hydrogen) atoms. The standard InChI is InChI=1S/C19H31N/c1-4-6-7-8-9-14-19(20-15-5-2)16-18-13-11-10-12-17(18)3/h4,10-13,19-20H,1,5-9,14-16H2,2-3H3. The van der Waals surface area contributed by atoms with Gasteiger partial charge in [0, 0.05) is 6.04 Å². The maximum absolute atomic E-state index is 3.79. The van der Waals surface area contributed by atoms with E-state index in [0.717, 1.165) is 19.4 Å². The first kappa shape index (κ1) is 17.0. The first-order valence-corrected chi connectivity index (χ1v) is 8.16. The first-order valence-electron chi connectivity index (χ1n) is 8.16. The largest absolute Gasteiger partial charge is 0.314 e. The molecule has 1 atom stereocenters. The molecule has 112 valence electrons. The Kier molecular flexibility index (Phi) is 9.06. The van der Waals surface area contributed by atoms with Gasteiger partial charge in [0.05, 0.1) is 0 Å². The van der Waals surface area contributed by atoms with Gasteiger partial charge >= 0.3 is 0 Å². The fourth-order valence-electron chi connectivity index (χ4n) is 2.59. The Morgan fingerprint density at radius 2 is 2.00 bits per heavy atom. The second kappa shape index (κ2) is 10.7. The molecule has 1 aromatic carbocycles. The summed E-state index contributed by atoms with van der Waals surface area (Å²) >= 11 is 0. The van der Waals surface area contributed by atoms with Crippen LogP contribution in [-0.4, -0.2) is 12.6 Å². The van der Waals surface area contributed by atoms with Gasteiger partial charge in [-0.3, -0.25) is 0 Å². The minimum absolute atomic E-state index is 0.625. The van der Waals surface area contributed by atoms with Gasteiger partial charge in [-0.15, -0.1) is 6.58 Å². The van der Waals surface area contributed by atoms with Crippen LogP contribution in [0.2, 0.25) is 0 Å². The Hall–Kier alpha value is -1.08. The van der Waals surface area contributed by atoms with Crippen LogP contribution in [0, 0.1) is 6.92 Å². The van der Waals surface area contributed by atoms with E-state index < -0.39 is 0 Å². The monoisotopic (exact) mass is 273 g/mol. The molecule has 0 fully saturated rings. The highest BCUT2D eigenvalue weighted by atomic mass is 14.9. The van der Waals surface area contributed by atoms with Crippen molar-refractivity contribution in [1.29, 1.82) is 0 Å². The molecule has 0 amide bonds. The predicted octanol–water partition coefficient (Wildman–Crippen LogP) is 5.04. The van der Waals surface area contributed by atoms with Crippen molar-refractivity contribution in [3.63, 3.8) is 0 Å². The van der Waals surface area contributed by atoms with Gasteiger partial charge in [-0.2, -0.15) is 0 Å². The normalized spacial score (nSPS) is 12.3. The van der Waals surface area contributed by atoms with Crippen LogP contribution in [0.4, 0.5) is 0 Å². The van der Waals surface area contributed by atoms with E-state index in [2.05, 4.69) is 50.0 Å². The number of benzene rings is 1. The van der Waals surface area contributed by atoms with E-state index in [0.29, 0.717) is 6.04 Å². The number of rotatable bonds is 11. The summed E-state index contributed by atoms with van der Waals surface area (Å²) in [5.41, 5.74) is 2.91. The van der Waals surface area contributed by atoms with Gasteiger partial charge < -0.3 is 5.32 Å². The number of hydrogen-bond donors (Lipinski definition) is 1. The summed E-state index contributed by atoms with van der Waals surface area (Å²) in [6.07, 6.45) is 10.8. The minimum Gasteiger partial charge on any atom is -0.314 e. The van der Waals surface area contributed by atoms with Gasteiger partial charge in [0.15, 0.2) is 0 Å². The molecular formula is C19H31N. The topological polar surface area (TPSA) is 12.0 Å². The molecule has 0 bridgehead atoms. The maximum Gasteiger partial charge on any atom is 0.0108 e. The summed E-state index contributed by atoms with van der Waals surface area (Å²) in [5, 5.41) is 3.72. The summed E-state index contributed by atoms with van der Waals surface area (Å²) in [6.45, 7) is 9.37. The summed E-state index contributed by atoms with van der Waals surface area (Å²) < 4.78 is 0. The molecule has 1 unspecified atom stereocenters. The summed E-state index contributed by atoms with van der Waals surface area (Å²) in [4.78, 5) is 0. The molecule has 0 radical (unpaired) electrons. The van der Waals surface area contributed by atoms with Crippen LogP contribution in [-0.2, 0) is 6.42 Å². The smallest absolute Gasteiger partial charge is 0.0108 e. The third-order valence-corrected chi connectivity index (χ3v) is 3.87. The van der Waals surface area contributed by atoms with Gasteiger partial charge in [0.2, 0.25) is 0 Å². The van der Waals surface area contributed by atoms with Crippen molar-refractivity contribution in [3.05, 3.63) is 48.0 Å². The number of allylic oxidation sites excluding steroid dienone is 1. The zero-order valence-electron chi connectivity index (χ0n) is 13.3. The van der Waals surface area contributed by atoms with Crippen molar-refractivity contribution >= 4 is 0 Å².